The fraction of sp³-hybridized carbons (Fsp3) is 0.263. The molecular formula is C19H20N2O2. The third-order valence-corrected chi connectivity index (χ3v) is 4.19. The van der Waals surface area contributed by atoms with Gasteiger partial charge in [-0.05, 0) is 43.2 Å². The fourth-order valence-electron chi connectivity index (χ4n) is 2.95. The van der Waals surface area contributed by atoms with Crippen LogP contribution in [0, 0.1) is 19.8 Å². The maximum absolute atomic E-state index is 12.4. The highest BCUT2D eigenvalue weighted by atomic mass is 16.2. The first-order valence-electron chi connectivity index (χ1n) is 7.78. The van der Waals surface area contributed by atoms with E-state index in [9.17, 15) is 9.59 Å². The molecule has 0 radical (unpaired) electrons. The van der Waals surface area contributed by atoms with Gasteiger partial charge in [0.2, 0.25) is 11.8 Å². The minimum Gasteiger partial charge on any atom is -0.326 e. The lowest BCUT2D eigenvalue weighted by molar-refractivity contribution is -0.122. The van der Waals surface area contributed by atoms with Gasteiger partial charge in [0.15, 0.2) is 0 Å². The Hall–Kier alpha value is -2.62. The second-order valence-electron chi connectivity index (χ2n) is 6.05. The van der Waals surface area contributed by atoms with Gasteiger partial charge in [-0.3, -0.25) is 9.59 Å². The average Bonchev–Trinajstić information content (AvgIpc) is 2.90. The van der Waals surface area contributed by atoms with E-state index >= 15 is 0 Å². The van der Waals surface area contributed by atoms with Gasteiger partial charge in [0, 0.05) is 24.3 Å². The minimum atomic E-state index is -0.317. The highest BCUT2D eigenvalue weighted by molar-refractivity contribution is 6.03. The van der Waals surface area contributed by atoms with E-state index in [1.807, 2.05) is 62.4 Å². The van der Waals surface area contributed by atoms with Crippen molar-refractivity contribution in [3.63, 3.8) is 0 Å². The molecule has 0 unspecified atom stereocenters. The van der Waals surface area contributed by atoms with Crippen molar-refractivity contribution in [3.8, 4) is 0 Å². The van der Waals surface area contributed by atoms with Crippen LogP contribution in [-0.4, -0.2) is 18.4 Å². The lowest BCUT2D eigenvalue weighted by Gasteiger charge is -2.19. The van der Waals surface area contributed by atoms with Gasteiger partial charge in [-0.15, -0.1) is 0 Å². The number of aryl methyl sites for hydroxylation is 2. The van der Waals surface area contributed by atoms with Crippen LogP contribution in [0.15, 0.2) is 48.5 Å². The van der Waals surface area contributed by atoms with Gasteiger partial charge >= 0.3 is 0 Å². The molecule has 2 aromatic carbocycles. The Bertz CT molecular complexity index is 755. The quantitative estimate of drug-likeness (QED) is 0.946. The molecule has 1 saturated heterocycles. The molecule has 1 atom stereocenters. The molecule has 0 bridgehead atoms. The van der Waals surface area contributed by atoms with Gasteiger partial charge in [0.25, 0.3) is 0 Å². The van der Waals surface area contributed by atoms with Crippen molar-refractivity contribution in [1.82, 2.24) is 0 Å². The molecule has 3 rings (SSSR count). The zero-order chi connectivity index (χ0) is 16.4. The van der Waals surface area contributed by atoms with Crippen LogP contribution in [0.25, 0.3) is 0 Å². The number of nitrogens with one attached hydrogen (secondary N) is 1. The highest BCUT2D eigenvalue weighted by Crippen LogP contribution is 2.28. The maximum atomic E-state index is 12.4. The monoisotopic (exact) mass is 308 g/mol. The second kappa shape index (κ2) is 6.24. The maximum Gasteiger partial charge on any atom is 0.229 e. The number of anilines is 2. The van der Waals surface area contributed by atoms with Crippen LogP contribution >= 0.6 is 0 Å². The van der Waals surface area contributed by atoms with E-state index in [2.05, 4.69) is 5.32 Å². The number of hydrogen-bond acceptors (Lipinski definition) is 2. The summed E-state index contributed by atoms with van der Waals surface area (Å²) in [7, 11) is 0. The molecule has 23 heavy (non-hydrogen) atoms. The van der Waals surface area contributed by atoms with Crippen molar-refractivity contribution >= 4 is 23.2 Å². The van der Waals surface area contributed by atoms with Crippen molar-refractivity contribution in [2.45, 2.75) is 20.3 Å². The molecule has 1 aliphatic heterocycles. The lowest BCUT2D eigenvalue weighted by atomic mass is 10.1. The summed E-state index contributed by atoms with van der Waals surface area (Å²) in [5, 5.41) is 2.91. The van der Waals surface area contributed by atoms with Crippen LogP contribution in [0.1, 0.15) is 17.5 Å². The van der Waals surface area contributed by atoms with E-state index in [0.717, 1.165) is 22.5 Å². The topological polar surface area (TPSA) is 49.4 Å². The summed E-state index contributed by atoms with van der Waals surface area (Å²) < 4.78 is 0. The molecule has 1 heterocycles. The summed E-state index contributed by atoms with van der Waals surface area (Å²) in [6, 6.07) is 15.4. The molecule has 2 aromatic rings. The summed E-state index contributed by atoms with van der Waals surface area (Å²) in [6.45, 7) is 4.39. The predicted molar refractivity (Wildman–Crippen MR) is 91.4 cm³/mol. The third-order valence-electron chi connectivity index (χ3n) is 4.19. The van der Waals surface area contributed by atoms with Crippen LogP contribution in [0.4, 0.5) is 11.4 Å². The Morgan fingerprint density at radius 2 is 1.91 bits per heavy atom. The number of amides is 2. The molecule has 1 fully saturated rings. The van der Waals surface area contributed by atoms with E-state index in [1.165, 1.54) is 0 Å². The van der Waals surface area contributed by atoms with E-state index in [1.54, 1.807) is 4.90 Å². The number of benzene rings is 2. The van der Waals surface area contributed by atoms with Crippen molar-refractivity contribution in [1.29, 1.82) is 0 Å². The molecule has 0 aliphatic carbocycles. The molecule has 0 aromatic heterocycles. The first-order chi connectivity index (χ1) is 11.0. The SMILES string of the molecule is Cc1cccc(NC(=O)[C@H]2CC(=O)N(c3ccccc3C)C2)c1. The number of nitrogens with zero attached hydrogens (tertiary/aromatic N) is 1. The third kappa shape index (κ3) is 3.26. The predicted octanol–water partition coefficient (Wildman–Crippen LogP) is 3.30. The summed E-state index contributed by atoms with van der Waals surface area (Å²) in [4.78, 5) is 26.5. The van der Waals surface area contributed by atoms with Gasteiger partial charge < -0.3 is 10.2 Å². The zero-order valence-electron chi connectivity index (χ0n) is 13.4. The molecule has 0 saturated carbocycles. The Balaban J connectivity index is 1.72. The van der Waals surface area contributed by atoms with Crippen LogP contribution in [-0.2, 0) is 9.59 Å². The minimum absolute atomic E-state index is 0.00342. The molecule has 118 valence electrons. The van der Waals surface area contributed by atoms with Gasteiger partial charge in [0.05, 0.1) is 5.92 Å². The Kier molecular flexibility index (Phi) is 4.15. The van der Waals surface area contributed by atoms with Gasteiger partial charge in [-0.1, -0.05) is 30.3 Å². The molecule has 4 nitrogen and oxygen atoms in total. The standard InChI is InChI=1S/C19H20N2O2/c1-13-6-5-8-16(10-13)20-19(23)15-11-18(22)21(12-15)17-9-4-3-7-14(17)2/h3-10,15H,11-12H2,1-2H3,(H,20,23)/t15-/m0/s1. The smallest absolute Gasteiger partial charge is 0.229 e. The van der Waals surface area contributed by atoms with Gasteiger partial charge in [0.1, 0.15) is 0 Å². The zero-order valence-corrected chi connectivity index (χ0v) is 13.4. The average molecular weight is 308 g/mol. The normalized spacial score (nSPS) is 17.4. The van der Waals surface area contributed by atoms with Crippen molar-refractivity contribution in [2.24, 2.45) is 5.92 Å². The van der Waals surface area contributed by atoms with Crippen LogP contribution in [0.5, 0.6) is 0 Å². The number of para-hydroxylation sites is 1. The molecule has 1 N–H and O–H groups in total. The number of rotatable bonds is 3. The van der Waals surface area contributed by atoms with Crippen molar-refractivity contribution in [2.75, 3.05) is 16.8 Å². The van der Waals surface area contributed by atoms with Crippen LogP contribution < -0.4 is 10.2 Å². The largest absolute Gasteiger partial charge is 0.326 e. The number of carbonyl (C=O) groups is 2. The van der Waals surface area contributed by atoms with E-state index in [4.69, 9.17) is 0 Å². The first kappa shape index (κ1) is 15.3. The molecular weight excluding hydrogens is 288 g/mol. The Morgan fingerprint density at radius 1 is 1.13 bits per heavy atom. The molecule has 4 heteroatoms. The number of hydrogen-bond donors (Lipinski definition) is 1. The van der Waals surface area contributed by atoms with Crippen molar-refractivity contribution < 1.29 is 9.59 Å². The second-order valence-corrected chi connectivity index (χ2v) is 6.05. The van der Waals surface area contributed by atoms with Crippen LogP contribution in [0.2, 0.25) is 0 Å². The van der Waals surface area contributed by atoms with Crippen LogP contribution in [0.3, 0.4) is 0 Å². The highest BCUT2D eigenvalue weighted by Gasteiger charge is 2.35. The Labute approximate surface area is 136 Å². The molecule has 2 amide bonds. The van der Waals surface area contributed by atoms with Crippen molar-refractivity contribution in [3.05, 3.63) is 59.7 Å². The van der Waals surface area contributed by atoms with Gasteiger partial charge in [-0.2, -0.15) is 0 Å². The van der Waals surface area contributed by atoms with E-state index in [-0.39, 0.29) is 24.2 Å². The lowest BCUT2D eigenvalue weighted by Crippen LogP contribution is -2.28. The number of carbonyl (C=O) groups excluding carboxylic acids is 2. The summed E-state index contributed by atoms with van der Waals surface area (Å²) >= 11 is 0. The fourth-order valence-corrected chi connectivity index (χ4v) is 2.95. The summed E-state index contributed by atoms with van der Waals surface area (Å²) in [6.07, 6.45) is 0.256. The first-order valence-corrected chi connectivity index (χ1v) is 7.78. The molecule has 1 aliphatic rings. The van der Waals surface area contributed by atoms with E-state index in [0.29, 0.717) is 6.54 Å². The van der Waals surface area contributed by atoms with E-state index < -0.39 is 0 Å². The summed E-state index contributed by atoms with van der Waals surface area (Å²) in [5.41, 5.74) is 3.80. The Morgan fingerprint density at radius 3 is 2.65 bits per heavy atom. The molecule has 0 spiro atoms. The van der Waals surface area contributed by atoms with Gasteiger partial charge in [-0.25, -0.2) is 0 Å². The summed E-state index contributed by atoms with van der Waals surface area (Å²) in [5.74, 6) is -0.411.